The van der Waals surface area contributed by atoms with Gasteiger partial charge in [0.15, 0.2) is 0 Å². The minimum Gasteiger partial charge on any atom is -0.489 e. The third-order valence-electron chi connectivity index (χ3n) is 5.98. The maximum atomic E-state index is 13.9. The van der Waals surface area contributed by atoms with Crippen molar-refractivity contribution in [3.05, 3.63) is 94.2 Å². The van der Waals surface area contributed by atoms with E-state index in [0.717, 1.165) is 33.5 Å². The number of carbonyl (C=O) groups excluding carboxylic acids is 2. The van der Waals surface area contributed by atoms with E-state index in [-0.39, 0.29) is 17.7 Å². The van der Waals surface area contributed by atoms with Crippen molar-refractivity contribution in [2.45, 2.75) is 47.6 Å². The highest BCUT2D eigenvalue weighted by atomic mass is 16.5. The van der Waals surface area contributed by atoms with E-state index >= 15 is 0 Å². The van der Waals surface area contributed by atoms with Crippen LogP contribution in [0.5, 0.6) is 5.75 Å². The standard InChI is InChI=1S/C29H30N2O3/c1-17(2)34-25-10-8-7-9-24(25)31-28(32)26(23-14-11-18(3)15-21(23)6)27(29(31)33)30-22-13-12-19(4)20(5)16-22/h7-17,30H,1-6H3. The lowest BCUT2D eigenvalue weighted by Gasteiger charge is -2.20. The lowest BCUT2D eigenvalue weighted by molar-refractivity contribution is -0.120. The van der Waals surface area contributed by atoms with E-state index < -0.39 is 5.91 Å². The number of imide groups is 1. The molecule has 1 aliphatic heterocycles. The average molecular weight is 455 g/mol. The molecule has 4 rings (SSSR count). The highest BCUT2D eigenvalue weighted by Crippen LogP contribution is 2.39. The largest absolute Gasteiger partial charge is 0.489 e. The maximum Gasteiger partial charge on any atom is 0.282 e. The topological polar surface area (TPSA) is 58.6 Å². The summed E-state index contributed by atoms with van der Waals surface area (Å²) in [6.45, 7) is 11.9. The number of rotatable bonds is 6. The molecule has 0 aromatic heterocycles. The molecule has 0 saturated carbocycles. The zero-order chi connectivity index (χ0) is 24.6. The quantitative estimate of drug-likeness (QED) is 0.457. The Morgan fingerprint density at radius 1 is 0.794 bits per heavy atom. The van der Waals surface area contributed by atoms with Gasteiger partial charge in [-0.2, -0.15) is 0 Å². The van der Waals surface area contributed by atoms with Gasteiger partial charge in [-0.05, 0) is 88.1 Å². The SMILES string of the molecule is Cc1ccc(C2=C(Nc3ccc(C)c(C)c3)C(=O)N(c3ccccc3OC(C)C)C2=O)c(C)c1. The minimum atomic E-state index is -0.405. The molecule has 0 spiro atoms. The van der Waals surface area contributed by atoms with E-state index in [4.69, 9.17) is 4.74 Å². The van der Waals surface area contributed by atoms with Crippen LogP contribution in [0.15, 0.2) is 66.4 Å². The maximum absolute atomic E-state index is 13.9. The highest BCUT2D eigenvalue weighted by molar-refractivity contribution is 6.46. The Bertz CT molecular complexity index is 1320. The van der Waals surface area contributed by atoms with Gasteiger partial charge in [0.05, 0.1) is 17.4 Å². The lowest BCUT2D eigenvalue weighted by Crippen LogP contribution is -2.33. The number of anilines is 2. The molecule has 174 valence electrons. The first-order chi connectivity index (χ1) is 16.2. The van der Waals surface area contributed by atoms with Crippen LogP contribution in [0.3, 0.4) is 0 Å². The van der Waals surface area contributed by atoms with Crippen LogP contribution in [0, 0.1) is 27.7 Å². The van der Waals surface area contributed by atoms with Gasteiger partial charge in [0.25, 0.3) is 11.8 Å². The van der Waals surface area contributed by atoms with Gasteiger partial charge in [-0.1, -0.05) is 42.0 Å². The van der Waals surface area contributed by atoms with Crippen LogP contribution in [0.2, 0.25) is 0 Å². The first-order valence-electron chi connectivity index (χ1n) is 11.5. The summed E-state index contributed by atoms with van der Waals surface area (Å²) in [5, 5.41) is 3.27. The van der Waals surface area contributed by atoms with Gasteiger partial charge in [0.1, 0.15) is 11.4 Å². The summed E-state index contributed by atoms with van der Waals surface area (Å²) >= 11 is 0. The summed E-state index contributed by atoms with van der Waals surface area (Å²) in [7, 11) is 0. The van der Waals surface area contributed by atoms with E-state index in [9.17, 15) is 9.59 Å². The van der Waals surface area contributed by atoms with Crippen molar-refractivity contribution in [1.29, 1.82) is 0 Å². The van der Waals surface area contributed by atoms with Crippen molar-refractivity contribution >= 4 is 28.8 Å². The van der Waals surface area contributed by atoms with Crippen molar-refractivity contribution in [1.82, 2.24) is 0 Å². The van der Waals surface area contributed by atoms with Crippen LogP contribution < -0.4 is 15.0 Å². The monoisotopic (exact) mass is 454 g/mol. The molecule has 0 saturated heterocycles. The van der Waals surface area contributed by atoms with Crippen LogP contribution in [0.4, 0.5) is 11.4 Å². The molecule has 3 aromatic rings. The number of nitrogens with zero attached hydrogens (tertiary/aromatic N) is 1. The van der Waals surface area contributed by atoms with E-state index in [1.807, 2.05) is 84.0 Å². The number of amides is 2. The molecule has 0 unspecified atom stereocenters. The van der Waals surface area contributed by atoms with Crippen molar-refractivity contribution < 1.29 is 14.3 Å². The number of aryl methyl sites for hydroxylation is 4. The molecule has 0 radical (unpaired) electrons. The zero-order valence-corrected chi connectivity index (χ0v) is 20.5. The van der Waals surface area contributed by atoms with Gasteiger partial charge in [-0.25, -0.2) is 4.90 Å². The van der Waals surface area contributed by atoms with Gasteiger partial charge >= 0.3 is 0 Å². The van der Waals surface area contributed by atoms with Crippen molar-refractivity contribution in [3.63, 3.8) is 0 Å². The molecule has 5 nitrogen and oxygen atoms in total. The fraction of sp³-hybridized carbons (Fsp3) is 0.241. The number of hydrogen-bond acceptors (Lipinski definition) is 4. The fourth-order valence-electron chi connectivity index (χ4n) is 4.17. The second-order valence-corrected chi connectivity index (χ2v) is 9.07. The Kier molecular flexibility index (Phi) is 6.29. The van der Waals surface area contributed by atoms with Crippen molar-refractivity contribution in [3.8, 4) is 5.75 Å². The number of benzene rings is 3. The van der Waals surface area contributed by atoms with Gasteiger partial charge in [-0.15, -0.1) is 0 Å². The predicted molar refractivity (Wildman–Crippen MR) is 137 cm³/mol. The summed E-state index contributed by atoms with van der Waals surface area (Å²) in [6.07, 6.45) is -0.103. The molecular weight excluding hydrogens is 424 g/mol. The summed E-state index contributed by atoms with van der Waals surface area (Å²) in [5.41, 5.74) is 6.84. The molecule has 2 amide bonds. The van der Waals surface area contributed by atoms with E-state index in [1.165, 1.54) is 4.90 Å². The molecule has 0 fully saturated rings. The molecule has 0 aliphatic carbocycles. The van der Waals surface area contributed by atoms with Crippen molar-refractivity contribution in [2.75, 3.05) is 10.2 Å². The highest BCUT2D eigenvalue weighted by Gasteiger charge is 2.42. The first-order valence-corrected chi connectivity index (χ1v) is 11.5. The van der Waals surface area contributed by atoms with E-state index in [1.54, 1.807) is 18.2 Å². The van der Waals surface area contributed by atoms with Crippen LogP contribution in [-0.2, 0) is 9.59 Å². The average Bonchev–Trinajstić information content (AvgIpc) is 3.00. The summed E-state index contributed by atoms with van der Waals surface area (Å²) in [4.78, 5) is 28.9. The molecule has 0 atom stereocenters. The minimum absolute atomic E-state index is 0.103. The van der Waals surface area contributed by atoms with E-state index in [0.29, 0.717) is 17.0 Å². The zero-order valence-electron chi connectivity index (χ0n) is 20.5. The molecule has 3 aromatic carbocycles. The predicted octanol–water partition coefficient (Wildman–Crippen LogP) is 6.10. The number of carbonyl (C=O) groups is 2. The molecule has 1 aliphatic rings. The van der Waals surface area contributed by atoms with Crippen LogP contribution in [0.25, 0.3) is 5.57 Å². The number of nitrogens with one attached hydrogen (secondary N) is 1. The second-order valence-electron chi connectivity index (χ2n) is 9.07. The molecule has 0 bridgehead atoms. The first kappa shape index (κ1) is 23.3. The Morgan fingerprint density at radius 2 is 1.53 bits per heavy atom. The fourth-order valence-corrected chi connectivity index (χ4v) is 4.17. The van der Waals surface area contributed by atoms with Crippen LogP contribution in [-0.4, -0.2) is 17.9 Å². The summed E-state index contributed by atoms with van der Waals surface area (Å²) < 4.78 is 5.93. The number of hydrogen-bond donors (Lipinski definition) is 1. The van der Waals surface area contributed by atoms with Gasteiger partial charge in [0, 0.05) is 5.69 Å². The smallest absolute Gasteiger partial charge is 0.282 e. The van der Waals surface area contributed by atoms with E-state index in [2.05, 4.69) is 5.32 Å². The summed E-state index contributed by atoms with van der Waals surface area (Å²) in [5.74, 6) is -0.285. The van der Waals surface area contributed by atoms with Gasteiger partial charge < -0.3 is 10.1 Å². The Hall–Kier alpha value is -3.86. The number of para-hydroxylation sites is 2. The molecule has 1 heterocycles. The van der Waals surface area contributed by atoms with Crippen LogP contribution in [0.1, 0.15) is 41.7 Å². The summed E-state index contributed by atoms with van der Waals surface area (Å²) in [6, 6.07) is 18.9. The van der Waals surface area contributed by atoms with Crippen LogP contribution >= 0.6 is 0 Å². The molecule has 5 heteroatoms. The number of ether oxygens (including phenoxy) is 1. The Balaban J connectivity index is 1.86. The molecular formula is C29H30N2O3. The van der Waals surface area contributed by atoms with Crippen molar-refractivity contribution in [2.24, 2.45) is 0 Å². The van der Waals surface area contributed by atoms with Gasteiger partial charge in [0.2, 0.25) is 0 Å². The Morgan fingerprint density at radius 3 is 2.21 bits per heavy atom. The lowest BCUT2D eigenvalue weighted by atomic mass is 9.97. The second kappa shape index (κ2) is 9.18. The third-order valence-corrected chi connectivity index (χ3v) is 5.98. The Labute approximate surface area is 201 Å². The molecule has 1 N–H and O–H groups in total. The normalized spacial score (nSPS) is 13.8. The van der Waals surface area contributed by atoms with Gasteiger partial charge in [-0.3, -0.25) is 9.59 Å². The molecule has 34 heavy (non-hydrogen) atoms. The third kappa shape index (κ3) is 4.34.